The van der Waals surface area contributed by atoms with Gasteiger partial charge in [0.05, 0.1) is 0 Å². The van der Waals surface area contributed by atoms with Gasteiger partial charge in [-0.3, -0.25) is 0 Å². The molecule has 0 atom stereocenters. The highest BCUT2D eigenvalue weighted by atomic mass is 19.4. The van der Waals surface area contributed by atoms with Crippen LogP contribution in [-0.2, 0) is 0 Å². The first kappa shape index (κ1) is 11.2. The van der Waals surface area contributed by atoms with Gasteiger partial charge in [-0.1, -0.05) is 0 Å². The maximum absolute atomic E-state index is 12.5. The summed E-state index contributed by atoms with van der Waals surface area (Å²) in [6.45, 7) is 0. The van der Waals surface area contributed by atoms with Crippen LogP contribution in [0.4, 0.5) is 22.0 Å². The third-order valence-electron chi connectivity index (χ3n) is 1.23. The van der Waals surface area contributed by atoms with Crippen LogP contribution in [0.25, 0.3) is 0 Å². The van der Waals surface area contributed by atoms with Crippen molar-refractivity contribution < 1.29 is 26.7 Å². The minimum atomic E-state index is -5.10. The van der Waals surface area contributed by atoms with Crippen LogP contribution in [0.3, 0.4) is 0 Å². The minimum absolute atomic E-state index is 0.106. The van der Waals surface area contributed by atoms with Gasteiger partial charge >= 0.3 is 6.36 Å². The summed E-state index contributed by atoms with van der Waals surface area (Å²) in [6.07, 6.45) is -5.10. The third kappa shape index (κ3) is 2.77. The molecule has 1 rings (SSSR count). The molecule has 3 nitrogen and oxygen atoms in total. The number of nitrogens with zero attached hydrogens (tertiary/aromatic N) is 2. The quantitative estimate of drug-likeness (QED) is 0.542. The van der Waals surface area contributed by atoms with E-state index in [-0.39, 0.29) is 6.07 Å². The molecule has 0 saturated heterocycles. The SMILES string of the molecule is N#Cc1nc(F)c(F)cc1OC(F)(F)F. The minimum Gasteiger partial charge on any atom is -0.403 e. The smallest absolute Gasteiger partial charge is 0.403 e. The standard InChI is InChI=1S/C7HF5N2O/c8-3-1-5(15-7(10,11)12)4(2-13)14-6(3)9/h1H. The van der Waals surface area contributed by atoms with Gasteiger partial charge in [-0.15, -0.1) is 13.2 Å². The molecule has 15 heavy (non-hydrogen) atoms. The highest BCUT2D eigenvalue weighted by Crippen LogP contribution is 2.26. The van der Waals surface area contributed by atoms with E-state index in [1.54, 1.807) is 0 Å². The van der Waals surface area contributed by atoms with Crippen LogP contribution in [0.15, 0.2) is 6.07 Å². The first-order valence-corrected chi connectivity index (χ1v) is 3.35. The van der Waals surface area contributed by atoms with Gasteiger partial charge < -0.3 is 4.74 Å². The number of hydrogen-bond donors (Lipinski definition) is 0. The summed E-state index contributed by atoms with van der Waals surface area (Å²) in [5.74, 6) is -4.47. The van der Waals surface area contributed by atoms with Crippen molar-refractivity contribution in [3.63, 3.8) is 0 Å². The topological polar surface area (TPSA) is 45.9 Å². The van der Waals surface area contributed by atoms with Crippen LogP contribution in [0, 0.1) is 23.1 Å². The Kier molecular flexibility index (Phi) is 2.74. The van der Waals surface area contributed by atoms with Gasteiger partial charge in [-0.2, -0.15) is 9.65 Å². The summed E-state index contributed by atoms with van der Waals surface area (Å²) < 4.78 is 63.3. The molecule has 0 aliphatic heterocycles. The Balaban J connectivity index is 3.18. The summed E-state index contributed by atoms with van der Waals surface area (Å²) in [4.78, 5) is 2.65. The molecule has 0 N–H and O–H groups in total. The van der Waals surface area contributed by atoms with Crippen LogP contribution >= 0.6 is 0 Å². The zero-order chi connectivity index (χ0) is 11.6. The molecular weight excluding hydrogens is 223 g/mol. The third-order valence-corrected chi connectivity index (χ3v) is 1.23. The summed E-state index contributed by atoms with van der Waals surface area (Å²) in [6, 6.07) is 1.25. The Bertz CT molecular complexity index is 423. The van der Waals surface area contributed by atoms with Crippen molar-refractivity contribution in [2.75, 3.05) is 0 Å². The molecule has 0 aliphatic carbocycles. The Hall–Kier alpha value is -1.91. The van der Waals surface area contributed by atoms with Crippen molar-refractivity contribution in [2.24, 2.45) is 0 Å². The first-order valence-electron chi connectivity index (χ1n) is 3.35. The van der Waals surface area contributed by atoms with E-state index in [4.69, 9.17) is 5.26 Å². The lowest BCUT2D eigenvalue weighted by Gasteiger charge is -2.09. The number of pyridine rings is 1. The lowest BCUT2D eigenvalue weighted by Crippen LogP contribution is -2.18. The zero-order valence-corrected chi connectivity index (χ0v) is 6.77. The van der Waals surface area contributed by atoms with E-state index in [1.807, 2.05) is 0 Å². The molecule has 80 valence electrons. The normalized spacial score (nSPS) is 10.9. The van der Waals surface area contributed by atoms with Crippen LogP contribution < -0.4 is 4.74 Å². The van der Waals surface area contributed by atoms with E-state index in [0.29, 0.717) is 0 Å². The number of ether oxygens (including phenoxy) is 1. The number of rotatable bonds is 1. The van der Waals surface area contributed by atoms with Crippen molar-refractivity contribution in [3.05, 3.63) is 23.5 Å². The van der Waals surface area contributed by atoms with Gasteiger partial charge in [0.1, 0.15) is 6.07 Å². The lowest BCUT2D eigenvalue weighted by atomic mass is 10.3. The molecule has 1 aromatic rings. The average Bonchev–Trinajstić information content (AvgIpc) is 2.08. The molecule has 0 spiro atoms. The second kappa shape index (κ2) is 3.68. The maximum Gasteiger partial charge on any atom is 0.573 e. The highest BCUT2D eigenvalue weighted by molar-refractivity contribution is 5.37. The average molecular weight is 224 g/mol. The number of aromatic nitrogens is 1. The van der Waals surface area contributed by atoms with Crippen molar-refractivity contribution >= 4 is 0 Å². The van der Waals surface area contributed by atoms with Crippen LogP contribution in [-0.4, -0.2) is 11.3 Å². The maximum atomic E-state index is 12.5. The van der Waals surface area contributed by atoms with Crippen LogP contribution in [0.5, 0.6) is 5.75 Å². The fourth-order valence-electron chi connectivity index (χ4n) is 0.732. The predicted molar refractivity (Wildman–Crippen MR) is 35.6 cm³/mol. The molecule has 0 aliphatic rings. The molecule has 0 fully saturated rings. The fraction of sp³-hybridized carbons (Fsp3) is 0.143. The Morgan fingerprint density at radius 3 is 2.40 bits per heavy atom. The van der Waals surface area contributed by atoms with Crippen LogP contribution in [0.1, 0.15) is 5.69 Å². The number of halogens is 5. The Morgan fingerprint density at radius 1 is 1.33 bits per heavy atom. The van der Waals surface area contributed by atoms with E-state index in [0.717, 1.165) is 6.07 Å². The van der Waals surface area contributed by atoms with E-state index in [9.17, 15) is 22.0 Å². The summed E-state index contributed by atoms with van der Waals surface area (Å²) in [5, 5.41) is 8.28. The molecule has 0 amide bonds. The molecule has 0 aromatic carbocycles. The van der Waals surface area contributed by atoms with Crippen LogP contribution in [0.2, 0.25) is 0 Å². The van der Waals surface area contributed by atoms with Gasteiger partial charge in [-0.25, -0.2) is 9.37 Å². The van der Waals surface area contributed by atoms with Gasteiger partial charge in [-0.05, 0) is 0 Å². The highest BCUT2D eigenvalue weighted by Gasteiger charge is 2.33. The Morgan fingerprint density at radius 2 is 1.93 bits per heavy atom. The number of hydrogen-bond acceptors (Lipinski definition) is 3. The lowest BCUT2D eigenvalue weighted by molar-refractivity contribution is -0.274. The molecule has 0 saturated carbocycles. The van der Waals surface area contributed by atoms with E-state index >= 15 is 0 Å². The Labute approximate surface area is 79.7 Å². The zero-order valence-electron chi connectivity index (χ0n) is 6.77. The van der Waals surface area contributed by atoms with Crippen molar-refractivity contribution in [1.82, 2.24) is 4.98 Å². The first-order chi connectivity index (χ1) is 6.83. The molecule has 0 radical (unpaired) electrons. The largest absolute Gasteiger partial charge is 0.573 e. The van der Waals surface area contributed by atoms with E-state index in [1.165, 1.54) is 0 Å². The summed E-state index contributed by atoms with van der Waals surface area (Å²) >= 11 is 0. The second-order valence-electron chi connectivity index (χ2n) is 2.27. The van der Waals surface area contributed by atoms with Gasteiger partial charge in [0.2, 0.25) is 5.95 Å². The van der Waals surface area contributed by atoms with Gasteiger partial charge in [0.15, 0.2) is 17.3 Å². The second-order valence-corrected chi connectivity index (χ2v) is 2.27. The molecular formula is C7HF5N2O. The molecule has 0 bridgehead atoms. The fourth-order valence-corrected chi connectivity index (χ4v) is 0.732. The molecule has 8 heteroatoms. The monoisotopic (exact) mass is 224 g/mol. The van der Waals surface area contributed by atoms with E-state index in [2.05, 4.69) is 9.72 Å². The molecule has 1 heterocycles. The predicted octanol–water partition coefficient (Wildman–Crippen LogP) is 2.13. The van der Waals surface area contributed by atoms with Crippen molar-refractivity contribution in [2.45, 2.75) is 6.36 Å². The number of nitriles is 1. The molecule has 1 aromatic heterocycles. The van der Waals surface area contributed by atoms with Crippen molar-refractivity contribution in [1.29, 1.82) is 5.26 Å². The summed E-state index contributed by atoms with van der Waals surface area (Å²) in [5.41, 5.74) is -0.980. The van der Waals surface area contributed by atoms with Crippen molar-refractivity contribution in [3.8, 4) is 11.8 Å². The van der Waals surface area contributed by atoms with Gasteiger partial charge in [0, 0.05) is 6.07 Å². The molecule has 0 unspecified atom stereocenters. The van der Waals surface area contributed by atoms with Gasteiger partial charge in [0.25, 0.3) is 0 Å². The number of alkyl halides is 3. The van der Waals surface area contributed by atoms with E-state index < -0.39 is 29.6 Å². The summed E-state index contributed by atoms with van der Waals surface area (Å²) in [7, 11) is 0.